The third-order valence-corrected chi connectivity index (χ3v) is 15.7. The van der Waals surface area contributed by atoms with Crippen LogP contribution in [0.4, 0.5) is 11.4 Å². The summed E-state index contributed by atoms with van der Waals surface area (Å²) in [5.74, 6) is 1.88. The first-order valence-corrected chi connectivity index (χ1v) is 26.3. The zero-order valence-corrected chi connectivity index (χ0v) is 42.1. The molecule has 2 nitrogen and oxygen atoms in total. The molecule has 2 heterocycles. The van der Waals surface area contributed by atoms with E-state index in [0.717, 1.165) is 30.9 Å². The van der Waals surface area contributed by atoms with Crippen molar-refractivity contribution in [2.75, 3.05) is 11.4 Å². The average Bonchev–Trinajstić information content (AvgIpc) is 3.47. The number of benzene rings is 12. The number of anilines is 2. The number of ether oxygens (including phenoxy) is 1. The number of rotatable bonds is 9. The maximum atomic E-state index is 7.27. The minimum atomic E-state index is -0.0630. The Morgan fingerprint density at radius 1 is 0.405 bits per heavy atom. The SMILES string of the molecule is CC(C)(C)Cc1cc2c3c(c1)N(CCc1c(-c4ccccc4)cc(-c4ccccc4)cc1-c1ccccc1)c1ccc(-c4ccccc4)cc1B3c1cc(-c3ccc4ccc5cccc6ccc3c4c56)ccc1O2. The minimum Gasteiger partial charge on any atom is -0.458 e. The quantitative estimate of drug-likeness (QED) is 0.106. The van der Waals surface area contributed by atoms with Crippen LogP contribution < -0.4 is 26.0 Å². The molecule has 0 spiro atoms. The van der Waals surface area contributed by atoms with Crippen LogP contribution >= 0.6 is 0 Å². The van der Waals surface area contributed by atoms with Crippen LogP contribution in [0.2, 0.25) is 0 Å². The highest BCUT2D eigenvalue weighted by molar-refractivity contribution is 6.99. The standard InChI is InChI=1S/C71H54BNO/c1-71(2,3)45-46-39-65-70-67(40-46)74-66-36-32-55(57-33-29-53-28-27-51-25-16-26-52-30-34-59(57)69(53)68(51)52)44-63(66)72(70)62-43-54(47-17-8-4-9-18-47)31-35-64(62)73(65)38-37-58-60(49-21-12-6-13-22-49)41-56(48-19-10-5-11-20-48)42-61(58)50-23-14-7-15-24-50/h4-36,39-44H,37-38,45H2,1-3H3. The highest BCUT2D eigenvalue weighted by atomic mass is 16.5. The third kappa shape index (κ3) is 7.57. The molecular formula is C71H54BNO. The van der Waals surface area contributed by atoms with E-state index in [1.807, 2.05) is 0 Å². The predicted octanol–water partition coefficient (Wildman–Crippen LogP) is 16.8. The van der Waals surface area contributed by atoms with E-state index in [1.165, 1.54) is 127 Å². The summed E-state index contributed by atoms with van der Waals surface area (Å²) in [5.41, 5.74) is 21.2. The Balaban J connectivity index is 0.970. The van der Waals surface area contributed by atoms with Crippen molar-refractivity contribution in [1.29, 1.82) is 0 Å². The first-order valence-electron chi connectivity index (χ1n) is 26.3. The fourth-order valence-electron chi connectivity index (χ4n) is 12.5. The molecule has 12 aromatic rings. The maximum absolute atomic E-state index is 7.27. The van der Waals surface area contributed by atoms with Gasteiger partial charge in [0.15, 0.2) is 0 Å². The van der Waals surface area contributed by atoms with Gasteiger partial charge in [0.25, 0.3) is 6.71 Å². The second-order valence-electron chi connectivity index (χ2n) is 21.7. The molecule has 2 aliphatic heterocycles. The van der Waals surface area contributed by atoms with Gasteiger partial charge in [0.1, 0.15) is 11.5 Å². The fraction of sp³-hybridized carbons (Fsp3) is 0.0986. The molecule has 74 heavy (non-hydrogen) atoms. The van der Waals surface area contributed by atoms with Crippen molar-refractivity contribution in [3.8, 4) is 67.1 Å². The summed E-state index contributed by atoms with van der Waals surface area (Å²) in [6.07, 6.45) is 1.73. The lowest BCUT2D eigenvalue weighted by atomic mass is 9.34. The first-order chi connectivity index (χ1) is 36.3. The summed E-state index contributed by atoms with van der Waals surface area (Å²) in [5, 5.41) is 7.77. The monoisotopic (exact) mass is 947 g/mol. The topological polar surface area (TPSA) is 12.5 Å². The molecular weight excluding hydrogens is 894 g/mol. The van der Waals surface area contributed by atoms with Crippen LogP contribution in [-0.2, 0) is 12.8 Å². The van der Waals surface area contributed by atoms with E-state index in [1.54, 1.807) is 0 Å². The zero-order chi connectivity index (χ0) is 49.5. The molecule has 12 aromatic carbocycles. The van der Waals surface area contributed by atoms with Gasteiger partial charge in [-0.3, -0.25) is 0 Å². The highest BCUT2D eigenvalue weighted by Crippen LogP contribution is 2.44. The molecule has 0 amide bonds. The van der Waals surface area contributed by atoms with Gasteiger partial charge in [-0.2, -0.15) is 0 Å². The van der Waals surface area contributed by atoms with E-state index in [2.05, 4.69) is 262 Å². The molecule has 0 saturated carbocycles. The third-order valence-electron chi connectivity index (χ3n) is 15.7. The van der Waals surface area contributed by atoms with Gasteiger partial charge >= 0.3 is 0 Å². The van der Waals surface area contributed by atoms with Crippen molar-refractivity contribution < 1.29 is 4.74 Å². The van der Waals surface area contributed by atoms with Gasteiger partial charge in [0.2, 0.25) is 0 Å². The summed E-state index contributed by atoms with van der Waals surface area (Å²) in [6, 6.07) is 88.1. The normalized spacial score (nSPS) is 12.7. The van der Waals surface area contributed by atoms with Crippen LogP contribution in [0, 0.1) is 5.41 Å². The van der Waals surface area contributed by atoms with E-state index >= 15 is 0 Å². The molecule has 0 bridgehead atoms. The fourth-order valence-corrected chi connectivity index (χ4v) is 12.5. The van der Waals surface area contributed by atoms with Crippen LogP contribution in [-0.4, -0.2) is 13.3 Å². The van der Waals surface area contributed by atoms with Crippen molar-refractivity contribution in [1.82, 2.24) is 0 Å². The van der Waals surface area contributed by atoms with E-state index in [4.69, 9.17) is 4.74 Å². The van der Waals surface area contributed by atoms with E-state index in [0.29, 0.717) is 0 Å². The Morgan fingerprint density at radius 2 is 0.973 bits per heavy atom. The van der Waals surface area contributed by atoms with Gasteiger partial charge in [0.05, 0.1) is 0 Å². The summed E-state index contributed by atoms with van der Waals surface area (Å²) in [6.45, 7) is 7.71. The predicted molar refractivity (Wildman–Crippen MR) is 315 cm³/mol. The molecule has 0 aromatic heterocycles. The Labute approximate surface area is 434 Å². The number of hydrogen-bond acceptors (Lipinski definition) is 2. The second-order valence-corrected chi connectivity index (χ2v) is 21.7. The maximum Gasteiger partial charge on any atom is 0.256 e. The van der Waals surface area contributed by atoms with E-state index in [9.17, 15) is 0 Å². The van der Waals surface area contributed by atoms with Gasteiger partial charge in [-0.1, -0.05) is 221 Å². The molecule has 0 radical (unpaired) electrons. The summed E-state index contributed by atoms with van der Waals surface area (Å²) in [4.78, 5) is 2.64. The lowest BCUT2D eigenvalue weighted by Gasteiger charge is -2.41. The van der Waals surface area contributed by atoms with Crippen molar-refractivity contribution >= 4 is 66.8 Å². The molecule has 0 N–H and O–H groups in total. The molecule has 14 rings (SSSR count). The number of fused-ring (bicyclic) bond motifs is 4. The van der Waals surface area contributed by atoms with Crippen molar-refractivity contribution in [3.63, 3.8) is 0 Å². The van der Waals surface area contributed by atoms with Gasteiger partial charge < -0.3 is 9.64 Å². The Hall–Kier alpha value is -8.66. The molecule has 3 heteroatoms. The van der Waals surface area contributed by atoms with Crippen LogP contribution in [0.1, 0.15) is 31.9 Å². The second kappa shape index (κ2) is 17.5. The molecule has 0 fully saturated rings. The summed E-state index contributed by atoms with van der Waals surface area (Å²) >= 11 is 0. The summed E-state index contributed by atoms with van der Waals surface area (Å²) < 4.78 is 7.27. The molecule has 352 valence electrons. The summed E-state index contributed by atoms with van der Waals surface area (Å²) in [7, 11) is 0. The van der Waals surface area contributed by atoms with Crippen molar-refractivity contribution in [2.45, 2.75) is 33.6 Å². The van der Waals surface area contributed by atoms with Gasteiger partial charge in [-0.25, -0.2) is 0 Å². The molecule has 0 unspecified atom stereocenters. The largest absolute Gasteiger partial charge is 0.458 e. The van der Waals surface area contributed by atoms with E-state index in [-0.39, 0.29) is 12.1 Å². The van der Waals surface area contributed by atoms with Gasteiger partial charge in [0, 0.05) is 17.9 Å². The molecule has 0 saturated heterocycles. The molecule has 0 aliphatic carbocycles. The lowest BCUT2D eigenvalue weighted by Crippen LogP contribution is -2.60. The molecule has 2 aliphatic rings. The average molecular weight is 948 g/mol. The highest BCUT2D eigenvalue weighted by Gasteiger charge is 2.42. The van der Waals surface area contributed by atoms with Gasteiger partial charge in [-0.15, -0.1) is 0 Å². The Kier molecular flexibility index (Phi) is 10.4. The number of nitrogens with zero attached hydrogens (tertiary/aromatic N) is 1. The molecule has 0 atom stereocenters. The van der Waals surface area contributed by atoms with Crippen molar-refractivity contribution in [2.24, 2.45) is 5.41 Å². The number of hydrogen-bond donors (Lipinski definition) is 0. The van der Waals surface area contributed by atoms with Crippen LogP contribution in [0.15, 0.2) is 237 Å². The Morgan fingerprint density at radius 3 is 1.62 bits per heavy atom. The van der Waals surface area contributed by atoms with Crippen LogP contribution in [0.3, 0.4) is 0 Å². The lowest BCUT2D eigenvalue weighted by molar-refractivity contribution is 0.410. The van der Waals surface area contributed by atoms with Crippen LogP contribution in [0.25, 0.3) is 88.0 Å². The van der Waals surface area contributed by atoms with Crippen molar-refractivity contribution in [3.05, 3.63) is 248 Å². The smallest absolute Gasteiger partial charge is 0.256 e. The van der Waals surface area contributed by atoms with Crippen LogP contribution in [0.5, 0.6) is 11.5 Å². The minimum absolute atomic E-state index is 0.0630. The Bertz CT molecular complexity index is 4030. The van der Waals surface area contributed by atoms with Gasteiger partial charge in [-0.05, 0) is 170 Å². The first kappa shape index (κ1) is 44.1. The zero-order valence-electron chi connectivity index (χ0n) is 42.1. The van der Waals surface area contributed by atoms with E-state index < -0.39 is 0 Å².